The van der Waals surface area contributed by atoms with Crippen molar-refractivity contribution in [2.75, 3.05) is 6.54 Å². The fourth-order valence-electron chi connectivity index (χ4n) is 4.21. The maximum atomic E-state index is 4.09. The highest BCUT2D eigenvalue weighted by Crippen LogP contribution is 2.40. The van der Waals surface area contributed by atoms with Gasteiger partial charge in [-0.05, 0) is 67.5 Å². The second kappa shape index (κ2) is 6.21. The van der Waals surface area contributed by atoms with Crippen molar-refractivity contribution in [3.8, 4) is 0 Å². The largest absolute Gasteiger partial charge is 0.293 e. The van der Waals surface area contributed by atoms with Gasteiger partial charge in [0.15, 0.2) is 0 Å². The summed E-state index contributed by atoms with van der Waals surface area (Å²) in [7, 11) is 0. The molecular formula is C20H24N2. The molecule has 0 N–H and O–H groups in total. The highest BCUT2D eigenvalue weighted by molar-refractivity contribution is 5.30. The van der Waals surface area contributed by atoms with E-state index in [4.69, 9.17) is 0 Å². The molecule has 4 rings (SSSR count). The predicted octanol–water partition coefficient (Wildman–Crippen LogP) is 4.36. The normalized spacial score (nSPS) is 25.1. The molecule has 2 fully saturated rings. The van der Waals surface area contributed by atoms with Gasteiger partial charge in [-0.3, -0.25) is 9.88 Å². The average Bonchev–Trinajstić information content (AvgIpc) is 3.01. The lowest BCUT2D eigenvalue weighted by atomic mass is 9.99. The molecule has 2 nitrogen and oxygen atoms in total. The van der Waals surface area contributed by atoms with Crippen LogP contribution in [-0.2, 0) is 6.42 Å². The third-order valence-corrected chi connectivity index (χ3v) is 5.37. The fraction of sp³-hybridized carbons (Fsp3) is 0.450. The van der Waals surface area contributed by atoms with Crippen LogP contribution in [0.1, 0.15) is 54.8 Å². The van der Waals surface area contributed by atoms with E-state index in [2.05, 4.69) is 46.3 Å². The standard InChI is InChI=1S/C20H24N2/c1-2-14-22-19(3-1)8-9-20(22)18-6-4-16(5-7-18)15-17-10-12-21-13-11-17/h4-7,10-13,19-20H,1-3,8-9,14-15H2. The van der Waals surface area contributed by atoms with Crippen LogP contribution < -0.4 is 0 Å². The average molecular weight is 292 g/mol. The summed E-state index contributed by atoms with van der Waals surface area (Å²) in [5, 5.41) is 0. The Bertz CT molecular complexity index is 605. The fourth-order valence-corrected chi connectivity index (χ4v) is 4.21. The molecule has 2 saturated heterocycles. The van der Waals surface area contributed by atoms with Crippen molar-refractivity contribution in [3.63, 3.8) is 0 Å². The van der Waals surface area contributed by atoms with E-state index >= 15 is 0 Å². The van der Waals surface area contributed by atoms with Crippen LogP contribution in [-0.4, -0.2) is 22.5 Å². The van der Waals surface area contributed by atoms with Crippen LogP contribution >= 0.6 is 0 Å². The van der Waals surface area contributed by atoms with Crippen LogP contribution in [0.15, 0.2) is 48.8 Å². The maximum absolute atomic E-state index is 4.09. The first-order valence-corrected chi connectivity index (χ1v) is 8.63. The van der Waals surface area contributed by atoms with Gasteiger partial charge in [0.1, 0.15) is 0 Å². The lowest BCUT2D eigenvalue weighted by molar-refractivity contribution is 0.150. The minimum absolute atomic E-state index is 0.667. The monoisotopic (exact) mass is 292 g/mol. The molecule has 2 aliphatic heterocycles. The van der Waals surface area contributed by atoms with Gasteiger partial charge in [0.25, 0.3) is 0 Å². The lowest BCUT2D eigenvalue weighted by Crippen LogP contribution is -2.35. The van der Waals surface area contributed by atoms with Crippen LogP contribution in [0.4, 0.5) is 0 Å². The molecule has 2 aliphatic rings. The molecule has 22 heavy (non-hydrogen) atoms. The minimum atomic E-state index is 0.667. The molecule has 0 aliphatic carbocycles. The number of pyridine rings is 1. The van der Waals surface area contributed by atoms with Gasteiger partial charge in [-0.1, -0.05) is 30.7 Å². The molecule has 0 bridgehead atoms. The van der Waals surface area contributed by atoms with Gasteiger partial charge in [0, 0.05) is 24.5 Å². The van der Waals surface area contributed by atoms with E-state index in [9.17, 15) is 0 Å². The van der Waals surface area contributed by atoms with E-state index in [1.807, 2.05) is 12.4 Å². The Morgan fingerprint density at radius 3 is 2.45 bits per heavy atom. The van der Waals surface area contributed by atoms with E-state index in [1.54, 1.807) is 0 Å². The zero-order chi connectivity index (χ0) is 14.8. The first-order chi connectivity index (χ1) is 10.9. The highest BCUT2D eigenvalue weighted by Gasteiger charge is 2.35. The summed E-state index contributed by atoms with van der Waals surface area (Å²) in [6.45, 7) is 1.30. The van der Waals surface area contributed by atoms with E-state index < -0.39 is 0 Å². The van der Waals surface area contributed by atoms with Crippen molar-refractivity contribution >= 4 is 0 Å². The molecule has 3 heterocycles. The van der Waals surface area contributed by atoms with E-state index in [-0.39, 0.29) is 0 Å². The van der Waals surface area contributed by atoms with Crippen molar-refractivity contribution in [1.82, 2.24) is 9.88 Å². The summed E-state index contributed by atoms with van der Waals surface area (Å²) in [6, 6.07) is 15.1. The third-order valence-electron chi connectivity index (χ3n) is 5.37. The number of aromatic nitrogens is 1. The highest BCUT2D eigenvalue weighted by atomic mass is 15.2. The first-order valence-electron chi connectivity index (χ1n) is 8.63. The number of nitrogens with zero attached hydrogens (tertiary/aromatic N) is 2. The Morgan fingerprint density at radius 2 is 1.64 bits per heavy atom. The van der Waals surface area contributed by atoms with E-state index in [0.29, 0.717) is 6.04 Å². The zero-order valence-electron chi connectivity index (χ0n) is 13.1. The third kappa shape index (κ3) is 2.80. The molecule has 0 saturated carbocycles. The Balaban J connectivity index is 1.48. The summed E-state index contributed by atoms with van der Waals surface area (Å²) in [5.41, 5.74) is 4.24. The molecule has 0 amide bonds. The molecule has 0 radical (unpaired) electrons. The number of hydrogen-bond acceptors (Lipinski definition) is 2. The molecule has 2 aromatic rings. The molecule has 0 spiro atoms. The SMILES string of the molecule is c1cc(Cc2ccc(C3CCC4CCCCN43)cc2)ccn1. The summed E-state index contributed by atoms with van der Waals surface area (Å²) >= 11 is 0. The van der Waals surface area contributed by atoms with Crippen molar-refractivity contribution in [2.45, 2.75) is 50.6 Å². The van der Waals surface area contributed by atoms with Crippen LogP contribution in [0.25, 0.3) is 0 Å². The van der Waals surface area contributed by atoms with E-state index in [0.717, 1.165) is 12.5 Å². The van der Waals surface area contributed by atoms with Crippen LogP contribution in [0.5, 0.6) is 0 Å². The summed E-state index contributed by atoms with van der Waals surface area (Å²) in [6.07, 6.45) is 11.7. The van der Waals surface area contributed by atoms with Crippen molar-refractivity contribution in [3.05, 3.63) is 65.5 Å². The number of fused-ring (bicyclic) bond motifs is 1. The van der Waals surface area contributed by atoms with Gasteiger partial charge < -0.3 is 0 Å². The van der Waals surface area contributed by atoms with Gasteiger partial charge in [0.05, 0.1) is 0 Å². The predicted molar refractivity (Wildman–Crippen MR) is 89.8 cm³/mol. The van der Waals surface area contributed by atoms with Gasteiger partial charge in [-0.2, -0.15) is 0 Å². The molecule has 2 unspecified atom stereocenters. The zero-order valence-corrected chi connectivity index (χ0v) is 13.1. The summed E-state index contributed by atoms with van der Waals surface area (Å²) in [5.74, 6) is 0. The second-order valence-corrected chi connectivity index (χ2v) is 6.75. The van der Waals surface area contributed by atoms with Gasteiger partial charge in [0.2, 0.25) is 0 Å². The molecule has 2 heteroatoms. The van der Waals surface area contributed by atoms with E-state index in [1.165, 1.54) is 55.3 Å². The summed E-state index contributed by atoms with van der Waals surface area (Å²) < 4.78 is 0. The van der Waals surface area contributed by atoms with Crippen molar-refractivity contribution in [1.29, 1.82) is 0 Å². The molecule has 1 aromatic carbocycles. The Hall–Kier alpha value is -1.67. The Labute approximate surface area is 133 Å². The maximum Gasteiger partial charge on any atom is 0.0351 e. The molecule has 1 aromatic heterocycles. The van der Waals surface area contributed by atoms with Crippen molar-refractivity contribution in [2.24, 2.45) is 0 Å². The Kier molecular flexibility index (Phi) is 3.94. The van der Waals surface area contributed by atoms with Crippen LogP contribution in [0.2, 0.25) is 0 Å². The molecule has 114 valence electrons. The Morgan fingerprint density at radius 1 is 0.864 bits per heavy atom. The van der Waals surface area contributed by atoms with Crippen LogP contribution in [0, 0.1) is 0 Å². The first kappa shape index (κ1) is 14.0. The second-order valence-electron chi connectivity index (χ2n) is 6.75. The van der Waals surface area contributed by atoms with Crippen LogP contribution in [0.3, 0.4) is 0 Å². The number of piperidine rings is 1. The smallest absolute Gasteiger partial charge is 0.0351 e. The van der Waals surface area contributed by atoms with Crippen molar-refractivity contribution < 1.29 is 0 Å². The summed E-state index contributed by atoms with van der Waals surface area (Å²) in [4.78, 5) is 6.85. The lowest BCUT2D eigenvalue weighted by Gasteiger charge is -2.34. The molecular weight excluding hydrogens is 268 g/mol. The van der Waals surface area contributed by atoms with Gasteiger partial charge in [-0.15, -0.1) is 0 Å². The van der Waals surface area contributed by atoms with Gasteiger partial charge in [-0.25, -0.2) is 0 Å². The number of hydrogen-bond donors (Lipinski definition) is 0. The number of rotatable bonds is 3. The topological polar surface area (TPSA) is 16.1 Å². The quantitative estimate of drug-likeness (QED) is 0.835. The minimum Gasteiger partial charge on any atom is -0.293 e. The molecule has 2 atom stereocenters. The number of benzene rings is 1. The van der Waals surface area contributed by atoms with Gasteiger partial charge >= 0.3 is 0 Å².